The van der Waals surface area contributed by atoms with Crippen LogP contribution in [0.4, 0.5) is 0 Å². The molecule has 0 radical (unpaired) electrons. The molecule has 0 bridgehead atoms. The maximum Gasteiger partial charge on any atom is 0.253 e. The van der Waals surface area contributed by atoms with Crippen molar-refractivity contribution in [1.29, 1.82) is 0 Å². The molecule has 1 aromatic heterocycles. The highest BCUT2D eigenvalue weighted by Crippen LogP contribution is 2.43. The maximum absolute atomic E-state index is 13.1. The molecule has 1 spiro atoms. The number of aromatic nitrogens is 2. The molecule has 0 saturated carbocycles. The van der Waals surface area contributed by atoms with Crippen LogP contribution in [0.25, 0.3) is 11.0 Å². The number of benzene rings is 2. The van der Waals surface area contributed by atoms with Crippen molar-refractivity contribution in [3.63, 3.8) is 0 Å². The molecular weight excluding hydrogens is 378 g/mol. The number of rotatable bonds is 2. The molecule has 6 nitrogen and oxygen atoms in total. The number of fused-ring (bicyclic) bond motifs is 1. The smallest absolute Gasteiger partial charge is 0.253 e. The molecule has 2 aliphatic heterocycles. The molecule has 2 aliphatic rings. The van der Waals surface area contributed by atoms with Gasteiger partial charge in [0.05, 0.1) is 28.8 Å². The van der Waals surface area contributed by atoms with Gasteiger partial charge in [0.15, 0.2) is 0 Å². The number of piperidine rings is 1. The Balaban J connectivity index is 1.29. The number of ether oxygens (including phenoxy) is 1. The van der Waals surface area contributed by atoms with Crippen LogP contribution in [0.15, 0.2) is 60.9 Å². The van der Waals surface area contributed by atoms with Crippen LogP contribution in [0.5, 0.6) is 0 Å². The van der Waals surface area contributed by atoms with E-state index in [-0.39, 0.29) is 23.7 Å². The first-order valence-electron chi connectivity index (χ1n) is 10.5. The molecule has 3 heterocycles. The summed E-state index contributed by atoms with van der Waals surface area (Å²) in [6.45, 7) is 1.23. The summed E-state index contributed by atoms with van der Waals surface area (Å²) in [6.07, 6.45) is 5.50. The Morgan fingerprint density at radius 3 is 2.53 bits per heavy atom. The molecule has 0 aliphatic carbocycles. The summed E-state index contributed by atoms with van der Waals surface area (Å²) < 4.78 is 6.55. The quantitative estimate of drug-likeness (QED) is 0.709. The highest BCUT2D eigenvalue weighted by Gasteiger charge is 2.44. The van der Waals surface area contributed by atoms with Gasteiger partial charge in [-0.25, -0.2) is 0 Å². The minimum atomic E-state index is -0.384. The van der Waals surface area contributed by atoms with Crippen LogP contribution in [0.2, 0.25) is 0 Å². The van der Waals surface area contributed by atoms with Gasteiger partial charge < -0.3 is 14.7 Å². The number of carbonyl (C=O) groups is 1. The van der Waals surface area contributed by atoms with Crippen LogP contribution >= 0.6 is 0 Å². The van der Waals surface area contributed by atoms with Gasteiger partial charge in [-0.15, -0.1) is 0 Å². The summed E-state index contributed by atoms with van der Waals surface area (Å²) in [7, 11) is 0. The molecule has 2 fully saturated rings. The Hall–Kier alpha value is -2.83. The van der Waals surface area contributed by atoms with Gasteiger partial charge in [0.25, 0.3) is 5.91 Å². The molecule has 6 heteroatoms. The number of aliphatic hydroxyl groups excluding tert-OH is 1. The molecule has 1 N–H and O–H groups in total. The first-order valence-corrected chi connectivity index (χ1v) is 10.5. The third kappa shape index (κ3) is 3.68. The average molecular weight is 403 g/mol. The third-order valence-electron chi connectivity index (χ3n) is 6.34. The lowest BCUT2D eigenvalue weighted by molar-refractivity contribution is -0.181. The van der Waals surface area contributed by atoms with Crippen LogP contribution in [0, 0.1) is 0 Å². The summed E-state index contributed by atoms with van der Waals surface area (Å²) in [5.41, 5.74) is 2.87. The van der Waals surface area contributed by atoms with Gasteiger partial charge in [0.1, 0.15) is 0 Å². The van der Waals surface area contributed by atoms with E-state index in [0.29, 0.717) is 31.5 Å². The van der Waals surface area contributed by atoms with Crippen LogP contribution in [0.3, 0.4) is 0 Å². The Bertz CT molecular complexity index is 1050. The zero-order valence-electron chi connectivity index (χ0n) is 16.8. The number of hydrogen-bond donors (Lipinski definition) is 1. The molecule has 3 aromatic rings. The molecule has 154 valence electrons. The van der Waals surface area contributed by atoms with Crippen molar-refractivity contribution in [1.82, 2.24) is 14.9 Å². The van der Waals surface area contributed by atoms with Gasteiger partial charge >= 0.3 is 0 Å². The number of carbonyl (C=O) groups excluding carboxylic acids is 1. The van der Waals surface area contributed by atoms with Crippen molar-refractivity contribution in [3.05, 3.63) is 72.1 Å². The average Bonchev–Trinajstić information content (AvgIpc) is 2.79. The van der Waals surface area contributed by atoms with Crippen LogP contribution in [0.1, 0.15) is 47.7 Å². The zero-order valence-corrected chi connectivity index (χ0v) is 16.8. The molecule has 2 aromatic carbocycles. The Morgan fingerprint density at radius 2 is 1.77 bits per heavy atom. The topological polar surface area (TPSA) is 75.6 Å². The highest BCUT2D eigenvalue weighted by atomic mass is 16.5. The van der Waals surface area contributed by atoms with E-state index >= 15 is 0 Å². The van der Waals surface area contributed by atoms with E-state index in [0.717, 1.165) is 29.4 Å². The minimum Gasteiger partial charge on any atom is -0.393 e. The highest BCUT2D eigenvalue weighted by molar-refractivity contribution is 5.97. The van der Waals surface area contributed by atoms with Crippen LogP contribution in [-0.4, -0.2) is 50.7 Å². The Labute approximate surface area is 175 Å². The predicted molar refractivity (Wildman–Crippen MR) is 113 cm³/mol. The zero-order chi connectivity index (χ0) is 20.6. The van der Waals surface area contributed by atoms with Crippen molar-refractivity contribution >= 4 is 16.9 Å². The van der Waals surface area contributed by atoms with Crippen LogP contribution in [-0.2, 0) is 4.74 Å². The van der Waals surface area contributed by atoms with Gasteiger partial charge in [0.2, 0.25) is 0 Å². The third-order valence-corrected chi connectivity index (χ3v) is 6.34. The van der Waals surface area contributed by atoms with E-state index in [2.05, 4.69) is 22.1 Å². The normalized spacial score (nSPS) is 23.6. The van der Waals surface area contributed by atoms with E-state index in [4.69, 9.17) is 4.74 Å². The Kier molecular flexibility index (Phi) is 4.97. The summed E-state index contributed by atoms with van der Waals surface area (Å²) in [4.78, 5) is 23.5. The SMILES string of the molecule is O=C(c1ccc2nccnc2c1)N1CCC2(CC1)C[C@H](O)C[C@H](c1ccccc1)O2. The Morgan fingerprint density at radius 1 is 1.03 bits per heavy atom. The first kappa shape index (κ1) is 19.2. The second kappa shape index (κ2) is 7.78. The van der Waals surface area contributed by atoms with Gasteiger partial charge in [-0.1, -0.05) is 30.3 Å². The van der Waals surface area contributed by atoms with Crippen LogP contribution < -0.4 is 0 Å². The largest absolute Gasteiger partial charge is 0.393 e. The lowest BCUT2D eigenvalue weighted by Gasteiger charge is -2.48. The molecular formula is C24H25N3O3. The van der Waals surface area contributed by atoms with Gasteiger partial charge in [-0.3, -0.25) is 14.8 Å². The van der Waals surface area contributed by atoms with Gasteiger partial charge in [0, 0.05) is 43.9 Å². The number of aliphatic hydroxyl groups is 1. The van der Waals surface area contributed by atoms with E-state index in [9.17, 15) is 9.90 Å². The van der Waals surface area contributed by atoms with Crippen molar-refractivity contribution < 1.29 is 14.6 Å². The summed E-state index contributed by atoms with van der Waals surface area (Å²) in [5, 5.41) is 10.5. The summed E-state index contributed by atoms with van der Waals surface area (Å²) in [5.74, 6) is 0.00775. The lowest BCUT2D eigenvalue weighted by atomic mass is 9.81. The fraction of sp³-hybridized carbons (Fsp3) is 0.375. The van der Waals surface area contributed by atoms with Gasteiger partial charge in [-0.05, 0) is 36.6 Å². The van der Waals surface area contributed by atoms with E-state index < -0.39 is 0 Å². The molecule has 30 heavy (non-hydrogen) atoms. The number of hydrogen-bond acceptors (Lipinski definition) is 5. The second-order valence-electron chi connectivity index (χ2n) is 8.35. The standard InChI is InChI=1S/C24H25N3O3/c28-19-15-22(17-4-2-1-3-5-17)30-24(16-19)8-12-27(13-9-24)23(29)18-6-7-20-21(14-18)26-11-10-25-20/h1-7,10-11,14,19,22,28H,8-9,12-13,15-16H2/t19-,22-/m1/s1. The molecule has 1 amide bonds. The molecule has 0 unspecified atom stereocenters. The molecule has 2 saturated heterocycles. The predicted octanol–water partition coefficient (Wildman–Crippen LogP) is 3.52. The summed E-state index contributed by atoms with van der Waals surface area (Å²) >= 11 is 0. The fourth-order valence-electron chi connectivity index (χ4n) is 4.75. The lowest BCUT2D eigenvalue weighted by Crippen LogP contribution is -2.52. The fourth-order valence-corrected chi connectivity index (χ4v) is 4.75. The number of likely N-dealkylation sites (tertiary alicyclic amines) is 1. The van der Waals surface area contributed by atoms with E-state index in [1.165, 1.54) is 0 Å². The van der Waals surface area contributed by atoms with Crippen molar-refractivity contribution in [2.75, 3.05) is 13.1 Å². The summed E-state index contributed by atoms with van der Waals surface area (Å²) in [6, 6.07) is 15.6. The number of nitrogens with zero attached hydrogens (tertiary/aromatic N) is 3. The number of amides is 1. The van der Waals surface area contributed by atoms with Crippen molar-refractivity contribution in [2.45, 2.75) is 43.5 Å². The second-order valence-corrected chi connectivity index (χ2v) is 8.35. The minimum absolute atomic E-state index is 0.00775. The molecule has 2 atom stereocenters. The van der Waals surface area contributed by atoms with E-state index in [1.54, 1.807) is 18.5 Å². The monoisotopic (exact) mass is 403 g/mol. The maximum atomic E-state index is 13.1. The van der Waals surface area contributed by atoms with Crippen molar-refractivity contribution in [2.24, 2.45) is 0 Å². The van der Waals surface area contributed by atoms with Crippen molar-refractivity contribution in [3.8, 4) is 0 Å². The van der Waals surface area contributed by atoms with Gasteiger partial charge in [-0.2, -0.15) is 0 Å². The molecule has 5 rings (SSSR count). The van der Waals surface area contributed by atoms with E-state index in [1.807, 2.05) is 35.2 Å². The first-order chi connectivity index (χ1) is 14.6.